The number of ether oxygens (including phenoxy) is 3. The Morgan fingerprint density at radius 3 is 2.40 bits per heavy atom. The molecular weight excluding hydrogens is 320 g/mol. The summed E-state index contributed by atoms with van der Waals surface area (Å²) < 4.78 is 17.5. The van der Waals surface area contributed by atoms with Gasteiger partial charge in [0.05, 0.1) is 20.8 Å². The van der Waals surface area contributed by atoms with E-state index in [1.54, 1.807) is 14.2 Å². The molecule has 20 heavy (non-hydrogen) atoms. The molecule has 1 aliphatic rings. The second-order valence-electron chi connectivity index (χ2n) is 4.69. The van der Waals surface area contributed by atoms with Gasteiger partial charge in [-0.3, -0.25) is 0 Å². The summed E-state index contributed by atoms with van der Waals surface area (Å²) in [4.78, 5) is 0. The third kappa shape index (κ3) is 2.36. The van der Waals surface area contributed by atoms with Crippen molar-refractivity contribution in [3.05, 3.63) is 52.0 Å². The lowest BCUT2D eigenvalue weighted by molar-refractivity contribution is 0.342. The Bertz CT molecular complexity index is 617. The summed E-state index contributed by atoms with van der Waals surface area (Å²) in [6, 6.07) is 12.0. The van der Waals surface area contributed by atoms with Crippen molar-refractivity contribution < 1.29 is 14.2 Å². The maximum absolute atomic E-state index is 5.77. The van der Waals surface area contributed by atoms with Crippen molar-refractivity contribution in [1.82, 2.24) is 0 Å². The third-order valence-corrected chi connectivity index (χ3v) is 4.02. The molecule has 2 aromatic carbocycles. The smallest absolute Gasteiger partial charge is 0.123 e. The number of hydrogen-bond acceptors (Lipinski definition) is 3. The molecule has 3 rings (SSSR count). The maximum Gasteiger partial charge on any atom is 0.123 e. The van der Waals surface area contributed by atoms with Crippen LogP contribution in [0.1, 0.15) is 17.0 Å². The number of halogens is 1. The van der Waals surface area contributed by atoms with Crippen molar-refractivity contribution in [2.45, 2.75) is 5.92 Å². The van der Waals surface area contributed by atoms with E-state index in [1.807, 2.05) is 30.3 Å². The van der Waals surface area contributed by atoms with E-state index >= 15 is 0 Å². The highest BCUT2D eigenvalue weighted by Gasteiger charge is 2.26. The Labute approximate surface area is 126 Å². The largest absolute Gasteiger partial charge is 0.497 e. The van der Waals surface area contributed by atoms with Crippen LogP contribution in [0.4, 0.5) is 0 Å². The second kappa shape index (κ2) is 5.37. The first kappa shape index (κ1) is 13.3. The summed E-state index contributed by atoms with van der Waals surface area (Å²) in [5.74, 6) is 2.73. The summed E-state index contributed by atoms with van der Waals surface area (Å²) in [5, 5.41) is 0. The van der Waals surface area contributed by atoms with Crippen LogP contribution in [0.3, 0.4) is 0 Å². The molecule has 4 heteroatoms. The molecule has 0 N–H and O–H groups in total. The van der Waals surface area contributed by atoms with Gasteiger partial charge in [0, 0.05) is 22.0 Å². The first-order chi connectivity index (χ1) is 9.71. The first-order valence-electron chi connectivity index (χ1n) is 6.36. The zero-order chi connectivity index (χ0) is 14.1. The van der Waals surface area contributed by atoms with Crippen molar-refractivity contribution in [1.29, 1.82) is 0 Å². The van der Waals surface area contributed by atoms with Gasteiger partial charge in [-0.25, -0.2) is 0 Å². The first-order valence-corrected chi connectivity index (χ1v) is 7.16. The van der Waals surface area contributed by atoms with Gasteiger partial charge >= 0.3 is 0 Å². The van der Waals surface area contributed by atoms with E-state index in [1.165, 1.54) is 5.56 Å². The number of benzene rings is 2. The minimum Gasteiger partial charge on any atom is -0.497 e. The fraction of sp³-hybridized carbons (Fsp3) is 0.250. The van der Waals surface area contributed by atoms with Gasteiger partial charge in [0.1, 0.15) is 17.2 Å². The fourth-order valence-corrected chi connectivity index (χ4v) is 2.87. The summed E-state index contributed by atoms with van der Waals surface area (Å²) in [7, 11) is 3.32. The molecule has 0 aromatic heterocycles. The lowest BCUT2D eigenvalue weighted by Gasteiger charge is -2.13. The lowest BCUT2D eigenvalue weighted by atomic mass is 9.93. The average molecular weight is 335 g/mol. The van der Waals surface area contributed by atoms with E-state index in [9.17, 15) is 0 Å². The molecule has 0 radical (unpaired) electrons. The van der Waals surface area contributed by atoms with Crippen molar-refractivity contribution in [3.63, 3.8) is 0 Å². The quantitative estimate of drug-likeness (QED) is 0.849. The van der Waals surface area contributed by atoms with E-state index in [4.69, 9.17) is 14.2 Å². The lowest BCUT2D eigenvalue weighted by Crippen LogP contribution is -2.03. The highest BCUT2D eigenvalue weighted by atomic mass is 79.9. The summed E-state index contributed by atoms with van der Waals surface area (Å²) in [6.07, 6.45) is 0. The molecule has 0 aliphatic carbocycles. The van der Waals surface area contributed by atoms with Crippen LogP contribution in [0.2, 0.25) is 0 Å². The second-order valence-corrected chi connectivity index (χ2v) is 5.61. The third-order valence-electron chi connectivity index (χ3n) is 3.53. The van der Waals surface area contributed by atoms with Gasteiger partial charge in [-0.1, -0.05) is 15.9 Å². The molecule has 0 fully saturated rings. The van der Waals surface area contributed by atoms with E-state index in [0.717, 1.165) is 27.3 Å². The summed E-state index contributed by atoms with van der Waals surface area (Å²) >= 11 is 3.52. The molecule has 0 amide bonds. The van der Waals surface area contributed by atoms with Crippen LogP contribution in [0.5, 0.6) is 17.2 Å². The Balaban J connectivity index is 2.05. The number of rotatable bonds is 3. The molecule has 3 nitrogen and oxygen atoms in total. The zero-order valence-electron chi connectivity index (χ0n) is 11.4. The molecule has 0 saturated heterocycles. The monoisotopic (exact) mass is 334 g/mol. The van der Waals surface area contributed by atoms with Crippen molar-refractivity contribution >= 4 is 15.9 Å². The normalized spacial score (nSPS) is 16.4. The van der Waals surface area contributed by atoms with Gasteiger partial charge in [-0.2, -0.15) is 0 Å². The highest BCUT2D eigenvalue weighted by molar-refractivity contribution is 9.10. The van der Waals surface area contributed by atoms with Gasteiger partial charge in [-0.15, -0.1) is 0 Å². The van der Waals surface area contributed by atoms with E-state index in [-0.39, 0.29) is 5.92 Å². The Morgan fingerprint density at radius 1 is 1.05 bits per heavy atom. The van der Waals surface area contributed by atoms with Crippen LogP contribution in [0.25, 0.3) is 0 Å². The van der Waals surface area contributed by atoms with Crippen LogP contribution in [0, 0.1) is 0 Å². The minimum absolute atomic E-state index is 0.200. The molecule has 0 unspecified atom stereocenters. The van der Waals surface area contributed by atoms with Gasteiger partial charge < -0.3 is 14.2 Å². The molecule has 0 saturated carbocycles. The fourth-order valence-electron chi connectivity index (χ4n) is 2.49. The zero-order valence-corrected chi connectivity index (χ0v) is 12.9. The molecule has 1 atom stereocenters. The molecule has 2 aromatic rings. The Morgan fingerprint density at radius 2 is 1.75 bits per heavy atom. The van der Waals surface area contributed by atoms with E-state index in [2.05, 4.69) is 22.0 Å². The van der Waals surface area contributed by atoms with Crippen molar-refractivity contribution in [2.75, 3.05) is 20.8 Å². The van der Waals surface area contributed by atoms with Gasteiger partial charge in [0.2, 0.25) is 0 Å². The molecule has 1 aliphatic heterocycles. The number of methoxy groups -OCH3 is 2. The summed E-state index contributed by atoms with van der Waals surface area (Å²) in [5.41, 5.74) is 2.33. The van der Waals surface area contributed by atoms with Gasteiger partial charge in [0.15, 0.2) is 0 Å². The highest BCUT2D eigenvalue weighted by Crippen LogP contribution is 2.41. The molecule has 104 valence electrons. The Kier molecular flexibility index (Phi) is 3.57. The van der Waals surface area contributed by atoms with Gasteiger partial charge in [-0.05, 0) is 35.9 Å². The van der Waals surface area contributed by atoms with Crippen molar-refractivity contribution in [3.8, 4) is 17.2 Å². The molecule has 1 heterocycles. The number of hydrogen-bond donors (Lipinski definition) is 0. The maximum atomic E-state index is 5.77. The predicted molar refractivity (Wildman–Crippen MR) is 81.0 cm³/mol. The van der Waals surface area contributed by atoms with Crippen LogP contribution >= 0.6 is 15.9 Å². The molecular formula is C16H15BrO3. The SMILES string of the molecule is COc1cc(OC)cc([C@H]2COc3ccc(Br)cc32)c1. The minimum atomic E-state index is 0.200. The van der Waals surface area contributed by atoms with E-state index < -0.39 is 0 Å². The standard InChI is InChI=1S/C16H15BrO3/c1-18-12-5-10(6-13(8-12)19-2)15-9-20-16-4-3-11(17)7-14(15)16/h3-8,15H,9H2,1-2H3/t15-/m1/s1. The predicted octanol–water partition coefficient (Wildman–Crippen LogP) is 3.99. The Hall–Kier alpha value is -1.68. The van der Waals surface area contributed by atoms with Crippen LogP contribution in [-0.2, 0) is 0 Å². The van der Waals surface area contributed by atoms with Gasteiger partial charge in [0.25, 0.3) is 0 Å². The topological polar surface area (TPSA) is 27.7 Å². The number of fused-ring (bicyclic) bond motifs is 1. The molecule has 0 bridgehead atoms. The van der Waals surface area contributed by atoms with Crippen LogP contribution < -0.4 is 14.2 Å². The summed E-state index contributed by atoms with van der Waals surface area (Å²) in [6.45, 7) is 0.641. The molecule has 0 spiro atoms. The average Bonchev–Trinajstić information content (AvgIpc) is 2.89. The van der Waals surface area contributed by atoms with Crippen LogP contribution in [0.15, 0.2) is 40.9 Å². The van der Waals surface area contributed by atoms with E-state index in [0.29, 0.717) is 6.61 Å². The van der Waals surface area contributed by atoms with Crippen molar-refractivity contribution in [2.24, 2.45) is 0 Å². The van der Waals surface area contributed by atoms with Crippen LogP contribution in [-0.4, -0.2) is 20.8 Å².